The van der Waals surface area contributed by atoms with E-state index in [1.54, 1.807) is 11.3 Å². The second-order valence-electron chi connectivity index (χ2n) is 5.16. The first-order valence-corrected chi connectivity index (χ1v) is 8.42. The van der Waals surface area contributed by atoms with E-state index in [2.05, 4.69) is 10.3 Å². The Morgan fingerprint density at radius 1 is 1.62 bits per heavy atom. The van der Waals surface area contributed by atoms with Crippen LogP contribution in [0, 0.1) is 6.92 Å². The average Bonchev–Trinajstić information content (AvgIpc) is 3.16. The van der Waals surface area contributed by atoms with Gasteiger partial charge in [-0.3, -0.25) is 4.79 Å². The Hall–Kier alpha value is -1.28. The van der Waals surface area contributed by atoms with Crippen LogP contribution in [0.15, 0.2) is 16.8 Å². The van der Waals surface area contributed by atoms with Gasteiger partial charge >= 0.3 is 0 Å². The lowest BCUT2D eigenvalue weighted by Gasteiger charge is -2.20. The molecule has 21 heavy (non-hydrogen) atoms. The van der Waals surface area contributed by atoms with Crippen LogP contribution in [0.1, 0.15) is 21.8 Å². The van der Waals surface area contributed by atoms with E-state index in [1.165, 1.54) is 11.3 Å². The van der Waals surface area contributed by atoms with E-state index in [0.29, 0.717) is 23.6 Å². The van der Waals surface area contributed by atoms with Gasteiger partial charge in [-0.1, -0.05) is 0 Å². The monoisotopic (exact) mass is 324 g/mol. The molecule has 7 heteroatoms. The third-order valence-corrected chi connectivity index (χ3v) is 5.32. The third kappa shape index (κ3) is 3.16. The van der Waals surface area contributed by atoms with Gasteiger partial charge in [-0.2, -0.15) is 11.3 Å². The lowest BCUT2D eigenvalue weighted by Crippen LogP contribution is -2.43. The first-order chi connectivity index (χ1) is 10.1. The number of amides is 1. The standard InChI is InChI=1S/C14H16N2O3S2/c1-9-11(21-13(16-9)10-2-5-20-6-10)12(17)15-7-14(18)3-4-19-8-14/h2,5-6,18H,3-4,7-8H2,1H3,(H,15,17). The first kappa shape index (κ1) is 14.6. The molecule has 2 aromatic heterocycles. The molecule has 0 bridgehead atoms. The zero-order valence-corrected chi connectivity index (χ0v) is 13.2. The summed E-state index contributed by atoms with van der Waals surface area (Å²) < 4.78 is 5.17. The summed E-state index contributed by atoms with van der Waals surface area (Å²) in [6.45, 7) is 2.84. The molecule has 1 saturated heterocycles. The number of carbonyl (C=O) groups is 1. The third-order valence-electron chi connectivity index (χ3n) is 3.43. The number of aliphatic hydroxyl groups is 1. The fourth-order valence-electron chi connectivity index (χ4n) is 2.18. The van der Waals surface area contributed by atoms with Crippen LogP contribution >= 0.6 is 22.7 Å². The molecule has 3 heterocycles. The molecule has 1 aliphatic heterocycles. The fourth-order valence-corrected chi connectivity index (χ4v) is 3.87. The van der Waals surface area contributed by atoms with Crippen LogP contribution in [0.25, 0.3) is 10.6 Å². The molecular formula is C14H16N2O3S2. The molecule has 0 radical (unpaired) electrons. The molecule has 1 fully saturated rings. The van der Waals surface area contributed by atoms with Crippen molar-refractivity contribution in [1.82, 2.24) is 10.3 Å². The Kier molecular flexibility index (Phi) is 4.08. The Morgan fingerprint density at radius 3 is 3.14 bits per heavy atom. The number of carbonyl (C=O) groups excluding carboxylic acids is 1. The van der Waals surface area contributed by atoms with Crippen molar-refractivity contribution in [1.29, 1.82) is 0 Å². The predicted octanol–water partition coefficient (Wildman–Crippen LogP) is 2.06. The minimum Gasteiger partial charge on any atom is -0.386 e. The summed E-state index contributed by atoms with van der Waals surface area (Å²) in [5, 5.41) is 17.8. The van der Waals surface area contributed by atoms with Gasteiger partial charge in [0.05, 0.1) is 12.3 Å². The van der Waals surface area contributed by atoms with E-state index in [4.69, 9.17) is 4.74 Å². The van der Waals surface area contributed by atoms with E-state index < -0.39 is 5.60 Å². The molecule has 3 rings (SSSR count). The number of nitrogens with zero attached hydrogens (tertiary/aromatic N) is 1. The minimum absolute atomic E-state index is 0.188. The molecule has 2 N–H and O–H groups in total. The number of thiophene rings is 1. The average molecular weight is 324 g/mol. The Labute approximate surface area is 130 Å². The lowest BCUT2D eigenvalue weighted by molar-refractivity contribution is 0.0265. The van der Waals surface area contributed by atoms with Crippen molar-refractivity contribution < 1.29 is 14.6 Å². The summed E-state index contributed by atoms with van der Waals surface area (Å²) in [6.07, 6.45) is 0.551. The Morgan fingerprint density at radius 2 is 2.48 bits per heavy atom. The van der Waals surface area contributed by atoms with E-state index in [-0.39, 0.29) is 19.1 Å². The number of aromatic nitrogens is 1. The van der Waals surface area contributed by atoms with E-state index in [1.807, 2.05) is 23.8 Å². The van der Waals surface area contributed by atoms with Gasteiger partial charge < -0.3 is 15.2 Å². The summed E-state index contributed by atoms with van der Waals surface area (Å²) in [5.74, 6) is -0.188. The molecule has 0 saturated carbocycles. The Balaban J connectivity index is 1.70. The van der Waals surface area contributed by atoms with Crippen LogP contribution in [0.2, 0.25) is 0 Å². The summed E-state index contributed by atoms with van der Waals surface area (Å²) in [5.41, 5.74) is 0.813. The molecule has 0 spiro atoms. The van der Waals surface area contributed by atoms with Gasteiger partial charge in [-0.15, -0.1) is 11.3 Å². The summed E-state index contributed by atoms with van der Waals surface area (Å²) in [6, 6.07) is 1.99. The molecular weight excluding hydrogens is 308 g/mol. The molecule has 1 aliphatic rings. The maximum absolute atomic E-state index is 12.3. The van der Waals surface area contributed by atoms with Crippen molar-refractivity contribution >= 4 is 28.6 Å². The second kappa shape index (κ2) is 5.84. The quantitative estimate of drug-likeness (QED) is 0.903. The molecule has 1 atom stereocenters. The molecule has 0 aliphatic carbocycles. The van der Waals surface area contributed by atoms with E-state index in [0.717, 1.165) is 10.6 Å². The number of nitrogens with one attached hydrogen (secondary N) is 1. The smallest absolute Gasteiger partial charge is 0.263 e. The molecule has 2 aromatic rings. The van der Waals surface area contributed by atoms with Gasteiger partial charge in [0.25, 0.3) is 5.91 Å². The van der Waals surface area contributed by atoms with E-state index in [9.17, 15) is 9.90 Å². The highest BCUT2D eigenvalue weighted by molar-refractivity contribution is 7.17. The van der Waals surface area contributed by atoms with Gasteiger partial charge in [0, 0.05) is 30.5 Å². The number of thiazole rings is 1. The van der Waals surface area contributed by atoms with Gasteiger partial charge in [-0.25, -0.2) is 4.98 Å². The molecule has 112 valence electrons. The summed E-state index contributed by atoms with van der Waals surface area (Å²) in [7, 11) is 0. The van der Waals surface area contributed by atoms with Crippen LogP contribution in [0.4, 0.5) is 0 Å². The zero-order valence-electron chi connectivity index (χ0n) is 11.6. The van der Waals surface area contributed by atoms with Gasteiger partial charge in [0.2, 0.25) is 0 Å². The van der Waals surface area contributed by atoms with Crippen molar-refractivity contribution in [3.63, 3.8) is 0 Å². The number of hydrogen-bond acceptors (Lipinski definition) is 6. The van der Waals surface area contributed by atoms with Gasteiger partial charge in [0.1, 0.15) is 15.5 Å². The fraction of sp³-hybridized carbons (Fsp3) is 0.429. The van der Waals surface area contributed by atoms with Crippen LogP contribution < -0.4 is 5.32 Å². The maximum atomic E-state index is 12.3. The van der Waals surface area contributed by atoms with Crippen molar-refractivity contribution in [3.05, 3.63) is 27.4 Å². The molecule has 1 amide bonds. The van der Waals surface area contributed by atoms with Crippen LogP contribution in [0.5, 0.6) is 0 Å². The zero-order chi connectivity index (χ0) is 14.9. The number of rotatable bonds is 4. The molecule has 1 unspecified atom stereocenters. The number of hydrogen-bond donors (Lipinski definition) is 2. The molecule has 0 aromatic carbocycles. The van der Waals surface area contributed by atoms with Gasteiger partial charge in [-0.05, 0) is 18.4 Å². The summed E-state index contributed by atoms with van der Waals surface area (Å²) >= 11 is 2.98. The van der Waals surface area contributed by atoms with Crippen molar-refractivity contribution in [2.45, 2.75) is 18.9 Å². The number of aryl methyl sites for hydroxylation is 1. The van der Waals surface area contributed by atoms with Crippen molar-refractivity contribution in [3.8, 4) is 10.6 Å². The normalized spacial score (nSPS) is 21.6. The topological polar surface area (TPSA) is 71.5 Å². The number of ether oxygens (including phenoxy) is 1. The van der Waals surface area contributed by atoms with Gasteiger partial charge in [0.15, 0.2) is 0 Å². The lowest BCUT2D eigenvalue weighted by atomic mass is 10.0. The Bertz CT molecular complexity index is 631. The maximum Gasteiger partial charge on any atom is 0.263 e. The van der Waals surface area contributed by atoms with Crippen LogP contribution in [-0.4, -0.2) is 41.4 Å². The highest BCUT2D eigenvalue weighted by Crippen LogP contribution is 2.29. The highest BCUT2D eigenvalue weighted by atomic mass is 32.1. The van der Waals surface area contributed by atoms with Crippen molar-refractivity contribution in [2.75, 3.05) is 19.8 Å². The van der Waals surface area contributed by atoms with Crippen LogP contribution in [-0.2, 0) is 4.74 Å². The highest BCUT2D eigenvalue weighted by Gasteiger charge is 2.33. The summed E-state index contributed by atoms with van der Waals surface area (Å²) in [4.78, 5) is 17.3. The molecule has 5 nitrogen and oxygen atoms in total. The second-order valence-corrected chi connectivity index (χ2v) is 6.93. The van der Waals surface area contributed by atoms with Crippen LogP contribution in [0.3, 0.4) is 0 Å². The SMILES string of the molecule is Cc1nc(-c2ccsc2)sc1C(=O)NCC1(O)CCOC1. The largest absolute Gasteiger partial charge is 0.386 e. The predicted molar refractivity (Wildman–Crippen MR) is 82.9 cm³/mol. The van der Waals surface area contributed by atoms with E-state index >= 15 is 0 Å². The van der Waals surface area contributed by atoms with Crippen molar-refractivity contribution in [2.24, 2.45) is 0 Å². The first-order valence-electron chi connectivity index (χ1n) is 6.66. The minimum atomic E-state index is -0.940.